The van der Waals surface area contributed by atoms with Crippen molar-refractivity contribution in [3.05, 3.63) is 65.7 Å². The molecule has 0 aliphatic carbocycles. The third-order valence-electron chi connectivity index (χ3n) is 3.74. The predicted molar refractivity (Wildman–Crippen MR) is 88.7 cm³/mol. The standard InChI is InChI=1S/C19H17NO3/c1-3-14-12-16(23-15-6-4-13(2)5-7-15)8-9-17(14)20-18(21)10-11-19(20)22/h4-12H,3H2,1-2H3. The number of benzene rings is 2. The van der Waals surface area contributed by atoms with E-state index in [1.54, 1.807) is 12.1 Å². The van der Waals surface area contributed by atoms with Crippen LogP contribution in [0.1, 0.15) is 18.1 Å². The minimum Gasteiger partial charge on any atom is -0.457 e. The molecule has 1 aliphatic heterocycles. The Labute approximate surface area is 135 Å². The molecule has 4 nitrogen and oxygen atoms in total. The highest BCUT2D eigenvalue weighted by Crippen LogP contribution is 2.30. The van der Waals surface area contributed by atoms with Gasteiger partial charge in [-0.05, 0) is 49.2 Å². The van der Waals surface area contributed by atoms with Gasteiger partial charge in [-0.25, -0.2) is 4.90 Å². The van der Waals surface area contributed by atoms with Crippen molar-refractivity contribution in [3.8, 4) is 11.5 Å². The van der Waals surface area contributed by atoms with Gasteiger partial charge in [0, 0.05) is 12.2 Å². The third kappa shape index (κ3) is 3.01. The summed E-state index contributed by atoms with van der Waals surface area (Å²) in [5.74, 6) is 0.815. The van der Waals surface area contributed by atoms with Crippen molar-refractivity contribution in [2.75, 3.05) is 4.90 Å². The molecule has 116 valence electrons. The molecule has 0 radical (unpaired) electrons. The van der Waals surface area contributed by atoms with Gasteiger partial charge in [0.15, 0.2) is 0 Å². The molecule has 0 spiro atoms. The van der Waals surface area contributed by atoms with Gasteiger partial charge >= 0.3 is 0 Å². The van der Waals surface area contributed by atoms with E-state index in [9.17, 15) is 9.59 Å². The molecule has 0 unspecified atom stereocenters. The van der Waals surface area contributed by atoms with E-state index < -0.39 is 0 Å². The summed E-state index contributed by atoms with van der Waals surface area (Å²) in [6.45, 7) is 4.00. The van der Waals surface area contributed by atoms with Crippen LogP contribution in [0.3, 0.4) is 0 Å². The second kappa shape index (κ2) is 6.08. The van der Waals surface area contributed by atoms with Gasteiger partial charge in [0.1, 0.15) is 11.5 Å². The first kappa shape index (κ1) is 15.0. The first-order valence-electron chi connectivity index (χ1n) is 7.52. The molecular weight excluding hydrogens is 290 g/mol. The summed E-state index contributed by atoms with van der Waals surface area (Å²) in [7, 11) is 0. The van der Waals surface area contributed by atoms with Gasteiger partial charge in [0.2, 0.25) is 0 Å². The summed E-state index contributed by atoms with van der Waals surface area (Å²) < 4.78 is 5.84. The Morgan fingerprint density at radius 1 is 0.913 bits per heavy atom. The molecule has 2 aromatic carbocycles. The molecule has 0 saturated carbocycles. The van der Waals surface area contributed by atoms with Crippen LogP contribution in [0.4, 0.5) is 5.69 Å². The van der Waals surface area contributed by atoms with Crippen molar-refractivity contribution in [1.82, 2.24) is 0 Å². The van der Waals surface area contributed by atoms with Crippen molar-refractivity contribution < 1.29 is 14.3 Å². The van der Waals surface area contributed by atoms with Crippen molar-refractivity contribution in [2.24, 2.45) is 0 Å². The number of aryl methyl sites for hydroxylation is 2. The van der Waals surface area contributed by atoms with E-state index in [-0.39, 0.29) is 11.8 Å². The second-order valence-electron chi connectivity index (χ2n) is 5.40. The molecular formula is C19H17NO3. The number of ether oxygens (including phenoxy) is 1. The molecule has 0 bridgehead atoms. The fourth-order valence-corrected chi connectivity index (χ4v) is 2.51. The zero-order valence-electron chi connectivity index (χ0n) is 13.1. The van der Waals surface area contributed by atoms with Crippen LogP contribution in [0.25, 0.3) is 0 Å². The normalized spacial score (nSPS) is 13.7. The van der Waals surface area contributed by atoms with Gasteiger partial charge in [-0.15, -0.1) is 0 Å². The van der Waals surface area contributed by atoms with Crippen LogP contribution >= 0.6 is 0 Å². The number of imide groups is 1. The maximum atomic E-state index is 11.8. The highest BCUT2D eigenvalue weighted by Gasteiger charge is 2.26. The minimum atomic E-state index is -0.308. The lowest BCUT2D eigenvalue weighted by Gasteiger charge is -2.18. The number of hydrogen-bond donors (Lipinski definition) is 0. The summed E-state index contributed by atoms with van der Waals surface area (Å²) >= 11 is 0. The predicted octanol–water partition coefficient (Wildman–Crippen LogP) is 3.78. The summed E-state index contributed by atoms with van der Waals surface area (Å²) in [5.41, 5.74) is 2.67. The van der Waals surface area contributed by atoms with Crippen molar-refractivity contribution in [1.29, 1.82) is 0 Å². The fourth-order valence-electron chi connectivity index (χ4n) is 2.51. The van der Waals surface area contributed by atoms with E-state index >= 15 is 0 Å². The van der Waals surface area contributed by atoms with Crippen molar-refractivity contribution >= 4 is 17.5 Å². The summed E-state index contributed by atoms with van der Waals surface area (Å²) in [6.07, 6.45) is 3.27. The minimum absolute atomic E-state index is 0.308. The van der Waals surface area contributed by atoms with Crippen LogP contribution in [0.15, 0.2) is 54.6 Å². The number of hydrogen-bond acceptors (Lipinski definition) is 3. The van der Waals surface area contributed by atoms with Gasteiger partial charge in [-0.3, -0.25) is 9.59 Å². The SMILES string of the molecule is CCc1cc(Oc2ccc(C)cc2)ccc1N1C(=O)C=CC1=O. The van der Waals surface area contributed by atoms with Crippen molar-refractivity contribution in [3.63, 3.8) is 0 Å². The molecule has 0 saturated heterocycles. The van der Waals surface area contributed by atoms with Gasteiger partial charge in [0.05, 0.1) is 5.69 Å². The average Bonchev–Trinajstić information content (AvgIpc) is 2.88. The van der Waals surface area contributed by atoms with E-state index in [2.05, 4.69) is 0 Å². The largest absolute Gasteiger partial charge is 0.457 e. The molecule has 1 aliphatic rings. The Kier molecular flexibility index (Phi) is 3.98. The maximum absolute atomic E-state index is 11.8. The molecule has 0 fully saturated rings. The molecule has 4 heteroatoms. The number of carbonyl (C=O) groups excluding carboxylic acids is 2. The summed E-state index contributed by atoms with van der Waals surface area (Å²) in [6, 6.07) is 13.2. The Balaban J connectivity index is 1.89. The average molecular weight is 307 g/mol. The number of carbonyl (C=O) groups is 2. The van der Waals surface area contributed by atoms with Gasteiger partial charge in [-0.2, -0.15) is 0 Å². The molecule has 2 amide bonds. The molecule has 0 aromatic heterocycles. The smallest absolute Gasteiger partial charge is 0.258 e. The first-order chi connectivity index (χ1) is 11.1. The van der Waals surface area contributed by atoms with E-state index in [4.69, 9.17) is 4.74 Å². The Bertz CT molecular complexity index is 773. The number of rotatable bonds is 4. The summed E-state index contributed by atoms with van der Waals surface area (Å²) in [4.78, 5) is 24.9. The van der Waals surface area contributed by atoms with Crippen LogP contribution in [0.5, 0.6) is 11.5 Å². The van der Waals surface area contributed by atoms with Gasteiger partial charge in [0.25, 0.3) is 11.8 Å². The first-order valence-corrected chi connectivity index (χ1v) is 7.52. The topological polar surface area (TPSA) is 46.6 Å². The van der Waals surface area contributed by atoms with E-state index in [1.807, 2.05) is 44.2 Å². The quantitative estimate of drug-likeness (QED) is 0.808. The Hall–Kier alpha value is -2.88. The second-order valence-corrected chi connectivity index (χ2v) is 5.40. The van der Waals surface area contributed by atoms with E-state index in [0.717, 1.165) is 11.3 Å². The van der Waals surface area contributed by atoms with Gasteiger partial charge < -0.3 is 4.74 Å². The van der Waals surface area contributed by atoms with Crippen LogP contribution < -0.4 is 9.64 Å². The lowest BCUT2D eigenvalue weighted by Crippen LogP contribution is -2.30. The maximum Gasteiger partial charge on any atom is 0.258 e. The van der Waals surface area contributed by atoms with Crippen LogP contribution in [-0.4, -0.2) is 11.8 Å². The number of nitrogens with zero attached hydrogens (tertiary/aromatic N) is 1. The van der Waals surface area contributed by atoms with Crippen molar-refractivity contribution in [2.45, 2.75) is 20.3 Å². The highest BCUT2D eigenvalue weighted by molar-refractivity contribution is 6.28. The van der Waals surface area contributed by atoms with E-state index in [0.29, 0.717) is 17.9 Å². The molecule has 3 rings (SSSR count). The molecule has 2 aromatic rings. The molecule has 0 atom stereocenters. The van der Waals surface area contributed by atoms with Gasteiger partial charge in [-0.1, -0.05) is 24.6 Å². The monoisotopic (exact) mass is 307 g/mol. The Morgan fingerprint density at radius 3 is 2.13 bits per heavy atom. The van der Waals surface area contributed by atoms with Crippen LogP contribution in [0.2, 0.25) is 0 Å². The highest BCUT2D eigenvalue weighted by atomic mass is 16.5. The molecule has 0 N–H and O–H groups in total. The molecule has 1 heterocycles. The third-order valence-corrected chi connectivity index (χ3v) is 3.74. The zero-order valence-corrected chi connectivity index (χ0v) is 13.1. The summed E-state index contributed by atoms with van der Waals surface area (Å²) in [5, 5.41) is 0. The number of amides is 2. The van der Waals surface area contributed by atoms with Crippen LogP contribution in [0, 0.1) is 6.92 Å². The van der Waals surface area contributed by atoms with E-state index in [1.165, 1.54) is 22.6 Å². The van der Waals surface area contributed by atoms with Crippen LogP contribution in [-0.2, 0) is 16.0 Å². The Morgan fingerprint density at radius 2 is 1.52 bits per heavy atom. The zero-order chi connectivity index (χ0) is 16.4. The lowest BCUT2D eigenvalue weighted by atomic mass is 10.1. The number of anilines is 1. The lowest BCUT2D eigenvalue weighted by molar-refractivity contribution is -0.119. The fraction of sp³-hybridized carbons (Fsp3) is 0.158. The molecule has 23 heavy (non-hydrogen) atoms.